The van der Waals surface area contributed by atoms with Crippen LogP contribution in [-0.4, -0.2) is 19.7 Å². The van der Waals surface area contributed by atoms with Crippen molar-refractivity contribution in [1.82, 2.24) is 0 Å². The van der Waals surface area contributed by atoms with Crippen molar-refractivity contribution in [2.75, 3.05) is 13.7 Å². The summed E-state index contributed by atoms with van der Waals surface area (Å²) < 4.78 is 10.7. The SMILES string of the molecule is C=C(C(=O)OCC)c1cc(-c2cc(C)cc3c2C(C)(C)CCC3(C)C)ccc1OC. The molecule has 0 fully saturated rings. The van der Waals surface area contributed by atoms with E-state index < -0.39 is 5.97 Å². The lowest BCUT2D eigenvalue weighted by Gasteiger charge is -2.43. The highest BCUT2D eigenvalue weighted by Gasteiger charge is 2.39. The largest absolute Gasteiger partial charge is 0.496 e. The van der Waals surface area contributed by atoms with Crippen molar-refractivity contribution in [3.8, 4) is 16.9 Å². The fourth-order valence-corrected chi connectivity index (χ4v) is 4.60. The lowest BCUT2D eigenvalue weighted by molar-refractivity contribution is -0.136. The summed E-state index contributed by atoms with van der Waals surface area (Å²) in [4.78, 5) is 12.4. The van der Waals surface area contributed by atoms with Gasteiger partial charge in [0.2, 0.25) is 0 Å². The number of carbonyl (C=O) groups excluding carboxylic acids is 1. The van der Waals surface area contributed by atoms with Crippen LogP contribution in [0.5, 0.6) is 5.75 Å². The highest BCUT2D eigenvalue weighted by molar-refractivity contribution is 6.16. The number of carbonyl (C=O) groups is 1. The molecule has 2 aromatic carbocycles. The van der Waals surface area contributed by atoms with Gasteiger partial charge in [0.25, 0.3) is 0 Å². The van der Waals surface area contributed by atoms with E-state index >= 15 is 0 Å². The first kappa shape index (κ1) is 22.1. The van der Waals surface area contributed by atoms with Crippen LogP contribution in [0.15, 0.2) is 36.9 Å². The van der Waals surface area contributed by atoms with Gasteiger partial charge in [-0.05, 0) is 71.9 Å². The van der Waals surface area contributed by atoms with E-state index in [0.717, 1.165) is 12.0 Å². The lowest BCUT2D eigenvalue weighted by Crippen LogP contribution is -2.34. The highest BCUT2D eigenvalue weighted by atomic mass is 16.5. The lowest BCUT2D eigenvalue weighted by atomic mass is 9.61. The minimum absolute atomic E-state index is 0.0755. The maximum atomic E-state index is 12.4. The quantitative estimate of drug-likeness (QED) is 0.415. The van der Waals surface area contributed by atoms with Crippen molar-refractivity contribution in [3.05, 3.63) is 59.2 Å². The Morgan fingerprint density at radius 3 is 2.37 bits per heavy atom. The summed E-state index contributed by atoms with van der Waals surface area (Å²) in [7, 11) is 1.61. The van der Waals surface area contributed by atoms with Crippen LogP contribution in [-0.2, 0) is 20.4 Å². The van der Waals surface area contributed by atoms with Gasteiger partial charge in [0.15, 0.2) is 0 Å². The van der Waals surface area contributed by atoms with Crippen LogP contribution >= 0.6 is 0 Å². The van der Waals surface area contributed by atoms with Gasteiger partial charge in [0, 0.05) is 5.56 Å². The summed E-state index contributed by atoms with van der Waals surface area (Å²) in [6.45, 7) is 17.6. The average molecular weight is 407 g/mol. The van der Waals surface area contributed by atoms with Crippen LogP contribution in [0.3, 0.4) is 0 Å². The zero-order chi connectivity index (χ0) is 22.3. The van der Waals surface area contributed by atoms with Gasteiger partial charge in [-0.3, -0.25) is 0 Å². The molecule has 0 saturated carbocycles. The number of aryl methyl sites for hydroxylation is 1. The van der Waals surface area contributed by atoms with Crippen molar-refractivity contribution in [2.24, 2.45) is 0 Å². The molecule has 3 heteroatoms. The van der Waals surface area contributed by atoms with E-state index in [2.05, 4.69) is 59.4 Å². The molecule has 2 aromatic rings. The molecule has 3 rings (SSSR count). The number of esters is 1. The molecule has 0 aromatic heterocycles. The van der Waals surface area contributed by atoms with Crippen molar-refractivity contribution >= 4 is 11.5 Å². The molecule has 0 aliphatic heterocycles. The van der Waals surface area contributed by atoms with Gasteiger partial charge < -0.3 is 9.47 Å². The zero-order valence-electron chi connectivity index (χ0n) is 19.4. The third kappa shape index (κ3) is 3.90. The third-order valence-electron chi connectivity index (χ3n) is 6.42. The van der Waals surface area contributed by atoms with Crippen LogP contribution in [0.25, 0.3) is 16.7 Å². The molecule has 0 amide bonds. The number of hydrogen-bond donors (Lipinski definition) is 0. The minimum atomic E-state index is -0.416. The Balaban J connectivity index is 2.25. The van der Waals surface area contributed by atoms with Crippen LogP contribution in [0.4, 0.5) is 0 Å². The molecule has 1 aliphatic rings. The van der Waals surface area contributed by atoms with E-state index in [0.29, 0.717) is 23.5 Å². The molecule has 0 bridgehead atoms. The van der Waals surface area contributed by atoms with Crippen molar-refractivity contribution in [1.29, 1.82) is 0 Å². The van der Waals surface area contributed by atoms with Crippen LogP contribution < -0.4 is 4.74 Å². The van der Waals surface area contributed by atoms with Crippen molar-refractivity contribution in [2.45, 2.75) is 65.2 Å². The summed E-state index contributed by atoms with van der Waals surface area (Å²) >= 11 is 0. The Morgan fingerprint density at radius 2 is 1.73 bits per heavy atom. The van der Waals surface area contributed by atoms with Crippen LogP contribution in [0, 0.1) is 6.92 Å². The second-order valence-electron chi connectivity index (χ2n) is 9.62. The standard InChI is InChI=1S/C27H34O3/c1-9-30-25(28)18(3)20-16-19(10-11-23(20)29-8)21-14-17(2)15-22-24(21)27(6,7)13-12-26(22,4)5/h10-11,14-16H,3,9,12-13H2,1-2,4-8H3. The second kappa shape index (κ2) is 7.94. The Bertz CT molecular complexity index is 995. The first-order chi connectivity index (χ1) is 14.0. The van der Waals surface area contributed by atoms with Gasteiger partial charge in [-0.1, -0.05) is 58.0 Å². The fourth-order valence-electron chi connectivity index (χ4n) is 4.60. The predicted octanol–water partition coefficient (Wildman–Crippen LogP) is 6.60. The van der Waals surface area contributed by atoms with E-state index in [-0.39, 0.29) is 10.8 Å². The fraction of sp³-hybridized carbons (Fsp3) is 0.444. The molecule has 160 valence electrons. The molecule has 1 aliphatic carbocycles. The number of fused-ring (bicyclic) bond motifs is 1. The van der Waals surface area contributed by atoms with Gasteiger partial charge in [0.05, 0.1) is 19.3 Å². The number of methoxy groups -OCH3 is 1. The first-order valence-corrected chi connectivity index (χ1v) is 10.7. The van der Waals surface area contributed by atoms with Crippen molar-refractivity contribution < 1.29 is 14.3 Å². The summed E-state index contributed by atoms with van der Waals surface area (Å²) in [6.07, 6.45) is 2.31. The molecule has 0 heterocycles. The van der Waals surface area contributed by atoms with E-state index in [1.165, 1.54) is 28.7 Å². The van der Waals surface area contributed by atoms with E-state index in [9.17, 15) is 4.79 Å². The predicted molar refractivity (Wildman–Crippen MR) is 124 cm³/mol. The Hall–Kier alpha value is -2.55. The maximum Gasteiger partial charge on any atom is 0.338 e. The number of hydrogen-bond acceptors (Lipinski definition) is 3. The van der Waals surface area contributed by atoms with E-state index in [1.807, 2.05) is 12.1 Å². The molecule has 0 atom stereocenters. The Morgan fingerprint density at radius 1 is 1.07 bits per heavy atom. The maximum absolute atomic E-state index is 12.4. The minimum Gasteiger partial charge on any atom is -0.496 e. The Kier molecular flexibility index (Phi) is 5.86. The Labute approximate surface area is 181 Å². The molecule has 0 N–H and O–H groups in total. The van der Waals surface area contributed by atoms with E-state index in [4.69, 9.17) is 9.47 Å². The smallest absolute Gasteiger partial charge is 0.338 e. The average Bonchev–Trinajstić information content (AvgIpc) is 2.70. The summed E-state index contributed by atoms with van der Waals surface area (Å²) in [5, 5.41) is 0. The highest BCUT2D eigenvalue weighted by Crippen LogP contribution is 2.50. The monoisotopic (exact) mass is 406 g/mol. The molecule has 0 unspecified atom stereocenters. The number of benzene rings is 2. The third-order valence-corrected chi connectivity index (χ3v) is 6.42. The van der Waals surface area contributed by atoms with Gasteiger partial charge in [-0.15, -0.1) is 0 Å². The molecule has 0 spiro atoms. The normalized spacial score (nSPS) is 16.5. The zero-order valence-corrected chi connectivity index (χ0v) is 19.4. The topological polar surface area (TPSA) is 35.5 Å². The number of rotatable bonds is 5. The summed E-state index contributed by atoms with van der Waals surface area (Å²) in [6, 6.07) is 10.6. The van der Waals surface area contributed by atoms with Crippen LogP contribution in [0.1, 0.15) is 69.7 Å². The summed E-state index contributed by atoms with van der Waals surface area (Å²) in [5.41, 5.74) is 7.58. The van der Waals surface area contributed by atoms with Gasteiger partial charge in [0.1, 0.15) is 5.75 Å². The molecular formula is C27H34O3. The second-order valence-corrected chi connectivity index (χ2v) is 9.62. The molecule has 3 nitrogen and oxygen atoms in total. The molecule has 0 saturated heterocycles. The molecule has 0 radical (unpaired) electrons. The van der Waals surface area contributed by atoms with Gasteiger partial charge in [-0.2, -0.15) is 0 Å². The first-order valence-electron chi connectivity index (χ1n) is 10.7. The van der Waals surface area contributed by atoms with Gasteiger partial charge in [-0.25, -0.2) is 4.79 Å². The molecular weight excluding hydrogens is 372 g/mol. The van der Waals surface area contributed by atoms with Crippen LogP contribution in [0.2, 0.25) is 0 Å². The van der Waals surface area contributed by atoms with Gasteiger partial charge >= 0.3 is 5.97 Å². The van der Waals surface area contributed by atoms with Crippen molar-refractivity contribution in [3.63, 3.8) is 0 Å². The summed E-state index contributed by atoms with van der Waals surface area (Å²) in [5.74, 6) is 0.207. The van der Waals surface area contributed by atoms with E-state index in [1.54, 1.807) is 14.0 Å². The molecule has 30 heavy (non-hydrogen) atoms. The number of ether oxygens (including phenoxy) is 2.